The minimum atomic E-state index is -5.26. The van der Waals surface area contributed by atoms with Crippen molar-refractivity contribution in [1.82, 2.24) is 25.0 Å². The van der Waals surface area contributed by atoms with Gasteiger partial charge in [-0.1, -0.05) is 0 Å². The fraction of sp³-hybridized carbons (Fsp3) is 0.654. The van der Waals surface area contributed by atoms with E-state index in [1.165, 1.54) is 12.8 Å². The van der Waals surface area contributed by atoms with E-state index in [1.807, 2.05) is 9.80 Å². The molecule has 13 heteroatoms. The van der Waals surface area contributed by atoms with E-state index in [-0.39, 0.29) is 22.8 Å². The van der Waals surface area contributed by atoms with Crippen molar-refractivity contribution >= 4 is 15.8 Å². The van der Waals surface area contributed by atoms with Crippen molar-refractivity contribution in [2.75, 3.05) is 26.2 Å². The molecular formula is C26H30F4N6O2S. The first kappa shape index (κ1) is 25.3. The Bertz CT molecular complexity index is 1420. The van der Waals surface area contributed by atoms with Gasteiger partial charge in [0, 0.05) is 48.8 Å². The van der Waals surface area contributed by atoms with Crippen LogP contribution in [-0.4, -0.2) is 66.9 Å². The number of alkyl halides is 3. The van der Waals surface area contributed by atoms with Gasteiger partial charge in [-0.25, -0.2) is 23.2 Å². The van der Waals surface area contributed by atoms with Crippen molar-refractivity contribution in [3.63, 3.8) is 0 Å². The van der Waals surface area contributed by atoms with Gasteiger partial charge >= 0.3 is 11.5 Å². The van der Waals surface area contributed by atoms with Crippen LogP contribution in [-0.2, 0) is 16.1 Å². The van der Waals surface area contributed by atoms with Gasteiger partial charge in [0.05, 0.1) is 4.90 Å². The van der Waals surface area contributed by atoms with Crippen LogP contribution in [0.25, 0.3) is 0 Å². The lowest BCUT2D eigenvalue weighted by Crippen LogP contribution is -2.70. The fourth-order valence-corrected chi connectivity index (χ4v) is 8.24. The number of hydrogen-bond donors (Lipinski definition) is 2. The molecule has 3 heterocycles. The summed E-state index contributed by atoms with van der Waals surface area (Å²) in [4.78, 5) is 20.6. The molecule has 0 radical (unpaired) electrons. The Balaban J connectivity index is 0.870. The lowest BCUT2D eigenvalue weighted by Gasteiger charge is -2.63. The zero-order chi connectivity index (χ0) is 27.4. The summed E-state index contributed by atoms with van der Waals surface area (Å²) < 4.78 is 72.2. The van der Waals surface area contributed by atoms with E-state index in [2.05, 4.69) is 15.2 Å². The van der Waals surface area contributed by atoms with Crippen molar-refractivity contribution in [3.05, 3.63) is 41.2 Å². The average Bonchev–Trinajstić information content (AvgIpc) is 3.49. The van der Waals surface area contributed by atoms with Crippen LogP contribution in [0.4, 0.5) is 22.4 Å². The number of rotatable bonds is 5. The van der Waals surface area contributed by atoms with E-state index in [0.717, 1.165) is 62.6 Å². The SMILES string of the molecule is N=S(=O)(c1cc(F)cc(CC2CC3(C2)CN(C(=O)N2CC4(CC(c5n[nH]c(C6CC6)n5)C4)C2)C3)c1)C(F)(F)F. The Kier molecular flexibility index (Phi) is 5.30. The zero-order valence-corrected chi connectivity index (χ0v) is 22.1. The van der Waals surface area contributed by atoms with Crippen molar-refractivity contribution < 1.29 is 26.6 Å². The third-order valence-corrected chi connectivity index (χ3v) is 11.0. The molecule has 5 fully saturated rings. The summed E-state index contributed by atoms with van der Waals surface area (Å²) >= 11 is 0. The fourth-order valence-electron chi connectivity index (χ4n) is 7.37. The molecule has 5 aliphatic rings. The Morgan fingerprint density at radius 2 is 1.64 bits per heavy atom. The number of nitrogens with zero attached hydrogens (tertiary/aromatic N) is 4. The molecular weight excluding hydrogens is 536 g/mol. The first-order valence-electron chi connectivity index (χ1n) is 13.4. The first-order chi connectivity index (χ1) is 18.3. The van der Waals surface area contributed by atoms with Crippen molar-refractivity contribution in [3.8, 4) is 0 Å². The second-order valence-electron chi connectivity index (χ2n) is 12.7. The van der Waals surface area contributed by atoms with E-state index in [4.69, 9.17) is 4.78 Å². The van der Waals surface area contributed by atoms with Gasteiger partial charge in [-0.15, -0.1) is 0 Å². The molecule has 0 bridgehead atoms. The Labute approximate surface area is 223 Å². The lowest BCUT2D eigenvalue weighted by atomic mass is 9.56. The van der Waals surface area contributed by atoms with Gasteiger partial charge in [0.1, 0.15) is 11.6 Å². The molecule has 8 nitrogen and oxygen atoms in total. The number of nitrogens with one attached hydrogen (secondary N) is 2. The predicted molar refractivity (Wildman–Crippen MR) is 132 cm³/mol. The van der Waals surface area contributed by atoms with Crippen LogP contribution in [0, 0.1) is 27.3 Å². The van der Waals surface area contributed by atoms with Gasteiger partial charge in [0.25, 0.3) is 0 Å². The number of carbonyl (C=O) groups excluding carboxylic acids is 1. The smallest absolute Gasteiger partial charge is 0.323 e. The summed E-state index contributed by atoms with van der Waals surface area (Å²) in [5.74, 6) is 2.10. The highest BCUT2D eigenvalue weighted by molar-refractivity contribution is 7.93. The van der Waals surface area contributed by atoms with Crippen molar-refractivity contribution in [2.45, 2.75) is 67.2 Å². The average molecular weight is 567 g/mol. The number of aromatic amines is 1. The quantitative estimate of drug-likeness (QED) is 0.497. The standard InChI is InChI=1S/C26H30F4N6O2S/c27-19-4-15(5-20(6-19)39(31,38)26(28,29)30)3-16-7-24(8-16)11-35(12-24)23(37)36-13-25(14-36)9-18(10-25)22-32-21(33-34-22)17-1-2-17/h4-6,16-18,31H,1-3,7-14H2,(H,32,33,34). The number of carbonyl (C=O) groups is 1. The molecule has 2 spiro atoms. The van der Waals surface area contributed by atoms with E-state index in [9.17, 15) is 26.6 Å². The maximum absolute atomic E-state index is 14.0. The minimum Gasteiger partial charge on any atom is -0.323 e. The summed E-state index contributed by atoms with van der Waals surface area (Å²) in [5.41, 5.74) is -4.71. The molecule has 3 saturated carbocycles. The maximum Gasteiger partial charge on any atom is 0.483 e. The molecule has 2 saturated heterocycles. The van der Waals surface area contributed by atoms with E-state index < -0.39 is 26.0 Å². The molecule has 1 unspecified atom stereocenters. The number of urea groups is 1. The molecule has 3 aliphatic carbocycles. The summed E-state index contributed by atoms with van der Waals surface area (Å²) in [7, 11) is -5.10. The zero-order valence-electron chi connectivity index (χ0n) is 21.3. The molecule has 2 amide bonds. The topological polar surface area (TPSA) is 106 Å². The molecule has 1 aromatic carbocycles. The molecule has 7 rings (SSSR count). The van der Waals surface area contributed by atoms with Crippen LogP contribution in [0.3, 0.4) is 0 Å². The van der Waals surface area contributed by atoms with Crippen LogP contribution in [0.1, 0.15) is 67.6 Å². The number of aromatic nitrogens is 3. The maximum atomic E-state index is 14.0. The van der Waals surface area contributed by atoms with E-state index >= 15 is 0 Å². The highest BCUT2D eigenvalue weighted by Crippen LogP contribution is 2.57. The first-order valence-corrected chi connectivity index (χ1v) is 15.0. The molecule has 2 aromatic rings. The van der Waals surface area contributed by atoms with Crippen LogP contribution >= 0.6 is 0 Å². The molecule has 1 aromatic heterocycles. The van der Waals surface area contributed by atoms with Gasteiger partial charge < -0.3 is 9.80 Å². The van der Waals surface area contributed by atoms with Gasteiger partial charge in [-0.05, 0) is 74.6 Å². The number of likely N-dealkylation sites (tertiary alicyclic amines) is 2. The minimum absolute atomic E-state index is 0.0282. The Morgan fingerprint density at radius 1 is 1.03 bits per heavy atom. The third kappa shape index (κ3) is 4.22. The van der Waals surface area contributed by atoms with Crippen molar-refractivity contribution in [2.24, 2.45) is 16.7 Å². The number of hydrogen-bond acceptors (Lipinski definition) is 5. The second kappa shape index (κ2) is 8.17. The summed E-state index contributed by atoms with van der Waals surface area (Å²) in [6.45, 7) is 2.87. The van der Waals surface area contributed by atoms with Crippen LogP contribution < -0.4 is 0 Å². The van der Waals surface area contributed by atoms with Gasteiger partial charge in [-0.3, -0.25) is 5.10 Å². The van der Waals surface area contributed by atoms with Gasteiger partial charge in [0.15, 0.2) is 15.6 Å². The molecule has 2 N–H and O–H groups in total. The molecule has 39 heavy (non-hydrogen) atoms. The second-order valence-corrected chi connectivity index (χ2v) is 14.8. The largest absolute Gasteiger partial charge is 0.483 e. The summed E-state index contributed by atoms with van der Waals surface area (Å²) in [6.07, 6.45) is 6.39. The van der Waals surface area contributed by atoms with E-state index in [1.54, 1.807) is 0 Å². The Hall–Kier alpha value is -2.70. The predicted octanol–water partition coefficient (Wildman–Crippen LogP) is 5.00. The number of amides is 2. The lowest BCUT2D eigenvalue weighted by molar-refractivity contribution is -0.100. The highest BCUT2D eigenvalue weighted by Gasteiger charge is 2.58. The molecule has 210 valence electrons. The normalized spacial score (nSPS) is 25.5. The third-order valence-electron chi connectivity index (χ3n) is 9.41. The van der Waals surface area contributed by atoms with Crippen LogP contribution in [0.2, 0.25) is 0 Å². The monoisotopic (exact) mass is 566 g/mol. The Morgan fingerprint density at radius 3 is 2.23 bits per heavy atom. The van der Waals surface area contributed by atoms with E-state index in [0.29, 0.717) is 43.0 Å². The van der Waals surface area contributed by atoms with Crippen LogP contribution in [0.5, 0.6) is 0 Å². The number of halogens is 4. The molecule has 2 aliphatic heterocycles. The highest BCUT2D eigenvalue weighted by atomic mass is 32.2. The number of H-pyrrole nitrogens is 1. The summed E-state index contributed by atoms with van der Waals surface area (Å²) in [5, 5.41) is 7.49. The summed E-state index contributed by atoms with van der Waals surface area (Å²) in [6, 6.07) is 2.80. The van der Waals surface area contributed by atoms with Gasteiger partial charge in [0.2, 0.25) is 0 Å². The van der Waals surface area contributed by atoms with Crippen molar-refractivity contribution in [1.29, 1.82) is 4.78 Å². The number of benzene rings is 1. The van der Waals surface area contributed by atoms with Crippen LogP contribution in [0.15, 0.2) is 23.1 Å². The van der Waals surface area contributed by atoms with Gasteiger partial charge in [-0.2, -0.15) is 18.3 Å². The molecule has 1 atom stereocenters.